The van der Waals surface area contributed by atoms with Crippen LogP contribution in [0.5, 0.6) is 0 Å². The van der Waals surface area contributed by atoms with Crippen LogP contribution in [0.3, 0.4) is 0 Å². The minimum atomic E-state index is -0.980. The molecule has 1 aliphatic heterocycles. The van der Waals surface area contributed by atoms with Gasteiger partial charge < -0.3 is 10.6 Å². The van der Waals surface area contributed by atoms with Crippen molar-refractivity contribution in [2.75, 3.05) is 0 Å². The Morgan fingerprint density at radius 3 is 2.24 bits per heavy atom. The molecule has 2 aliphatic rings. The summed E-state index contributed by atoms with van der Waals surface area (Å²) in [4.78, 5) is 24.3. The predicted octanol–water partition coefficient (Wildman–Crippen LogP) is 1.27. The first-order valence-corrected chi connectivity index (χ1v) is 6.11. The molecule has 0 aromatic carbocycles. The number of amides is 2. The SMILES string of the molecule is CC1=C(C)CC2(C(=O)NC(=S)NC2=O)[C@@H](C)C1. The van der Waals surface area contributed by atoms with Crippen LogP contribution in [0, 0.1) is 11.3 Å². The predicted molar refractivity (Wildman–Crippen MR) is 68.1 cm³/mol. The van der Waals surface area contributed by atoms with Gasteiger partial charge in [0, 0.05) is 0 Å². The second kappa shape index (κ2) is 3.91. The van der Waals surface area contributed by atoms with Crippen molar-refractivity contribution in [2.24, 2.45) is 11.3 Å². The molecule has 2 amide bonds. The van der Waals surface area contributed by atoms with Crippen molar-refractivity contribution in [2.45, 2.75) is 33.6 Å². The van der Waals surface area contributed by atoms with Gasteiger partial charge in [-0.05, 0) is 44.8 Å². The molecule has 17 heavy (non-hydrogen) atoms. The second-order valence-corrected chi connectivity index (χ2v) is 5.46. The van der Waals surface area contributed by atoms with Crippen molar-refractivity contribution in [1.82, 2.24) is 10.6 Å². The first-order valence-electron chi connectivity index (χ1n) is 5.70. The largest absolute Gasteiger partial charge is 0.302 e. The first-order chi connectivity index (χ1) is 7.87. The maximum Gasteiger partial charge on any atom is 0.242 e. The molecule has 2 N–H and O–H groups in total. The molecule has 2 rings (SSSR count). The molecule has 0 unspecified atom stereocenters. The van der Waals surface area contributed by atoms with E-state index < -0.39 is 5.41 Å². The van der Waals surface area contributed by atoms with Gasteiger partial charge in [-0.25, -0.2) is 0 Å². The molecule has 1 heterocycles. The minimum absolute atomic E-state index is 0.00528. The van der Waals surface area contributed by atoms with Crippen molar-refractivity contribution in [3.05, 3.63) is 11.1 Å². The number of rotatable bonds is 0. The highest BCUT2D eigenvalue weighted by Gasteiger charge is 2.54. The molecule has 1 atom stereocenters. The molecule has 5 heteroatoms. The standard InChI is InChI=1S/C12H16N2O2S/c1-6-4-8(3)12(5-7(6)2)9(15)13-11(17)14-10(12)16/h8H,4-5H2,1-3H3,(H2,13,14,15,16,17)/t8-/m0/s1. The second-order valence-electron chi connectivity index (χ2n) is 5.05. The Balaban J connectivity index is 2.45. The summed E-state index contributed by atoms with van der Waals surface area (Å²) in [5, 5.41) is 5.26. The third kappa shape index (κ3) is 1.69. The van der Waals surface area contributed by atoms with E-state index in [9.17, 15) is 9.59 Å². The summed E-state index contributed by atoms with van der Waals surface area (Å²) in [6.45, 7) is 5.99. The normalized spacial score (nSPS) is 28.2. The third-order valence-corrected chi connectivity index (χ3v) is 4.19. The maximum absolute atomic E-state index is 12.2. The van der Waals surface area contributed by atoms with Crippen LogP contribution in [-0.4, -0.2) is 16.9 Å². The zero-order valence-corrected chi connectivity index (χ0v) is 11.0. The lowest BCUT2D eigenvalue weighted by atomic mass is 9.63. The molecule has 0 saturated carbocycles. The van der Waals surface area contributed by atoms with Crippen molar-refractivity contribution in [3.8, 4) is 0 Å². The molecule has 1 spiro atoms. The van der Waals surface area contributed by atoms with Crippen LogP contribution in [0.25, 0.3) is 0 Å². The van der Waals surface area contributed by atoms with E-state index in [-0.39, 0.29) is 22.8 Å². The van der Waals surface area contributed by atoms with Gasteiger partial charge in [0.05, 0.1) is 0 Å². The fourth-order valence-corrected chi connectivity index (χ4v) is 2.91. The lowest BCUT2D eigenvalue weighted by Gasteiger charge is -2.43. The number of hydrogen-bond donors (Lipinski definition) is 2. The van der Waals surface area contributed by atoms with E-state index in [2.05, 4.69) is 17.6 Å². The fourth-order valence-electron chi connectivity index (χ4n) is 2.72. The van der Waals surface area contributed by atoms with Crippen molar-refractivity contribution < 1.29 is 9.59 Å². The average molecular weight is 252 g/mol. The monoisotopic (exact) mass is 252 g/mol. The Kier molecular flexibility index (Phi) is 2.81. The molecule has 1 aliphatic carbocycles. The van der Waals surface area contributed by atoms with E-state index >= 15 is 0 Å². The molecule has 0 bridgehead atoms. The van der Waals surface area contributed by atoms with Crippen molar-refractivity contribution >= 4 is 29.1 Å². The van der Waals surface area contributed by atoms with Gasteiger partial charge in [-0.3, -0.25) is 9.59 Å². The lowest BCUT2D eigenvalue weighted by molar-refractivity contribution is -0.147. The summed E-state index contributed by atoms with van der Waals surface area (Å²) >= 11 is 4.83. The molecular formula is C12H16N2O2S. The summed E-state index contributed by atoms with van der Waals surface area (Å²) in [7, 11) is 0. The van der Waals surface area contributed by atoms with Crippen LogP contribution in [-0.2, 0) is 9.59 Å². The lowest BCUT2D eigenvalue weighted by Crippen LogP contribution is -2.65. The summed E-state index contributed by atoms with van der Waals surface area (Å²) in [5.41, 5.74) is 1.42. The summed E-state index contributed by atoms with van der Waals surface area (Å²) < 4.78 is 0. The number of carbonyl (C=O) groups is 2. The van der Waals surface area contributed by atoms with Gasteiger partial charge >= 0.3 is 0 Å². The van der Waals surface area contributed by atoms with E-state index in [1.807, 2.05) is 13.8 Å². The van der Waals surface area contributed by atoms with E-state index in [1.54, 1.807) is 0 Å². The number of nitrogens with one attached hydrogen (secondary N) is 2. The molecule has 0 aromatic rings. The molecular weight excluding hydrogens is 236 g/mol. The van der Waals surface area contributed by atoms with Crippen LogP contribution in [0.1, 0.15) is 33.6 Å². The number of hydrogen-bond acceptors (Lipinski definition) is 3. The molecule has 1 fully saturated rings. The maximum atomic E-state index is 12.2. The molecule has 1 saturated heterocycles. The highest BCUT2D eigenvalue weighted by molar-refractivity contribution is 7.80. The number of carbonyl (C=O) groups excluding carboxylic acids is 2. The number of thiocarbonyl (C=S) groups is 1. The molecule has 0 radical (unpaired) electrons. The van der Waals surface area contributed by atoms with E-state index in [1.165, 1.54) is 5.57 Å². The Hall–Kier alpha value is -1.23. The Bertz CT molecular complexity index is 433. The summed E-state index contributed by atoms with van der Waals surface area (Å²) in [6, 6.07) is 0. The Morgan fingerprint density at radius 2 is 1.71 bits per heavy atom. The van der Waals surface area contributed by atoms with Crippen LogP contribution >= 0.6 is 12.2 Å². The van der Waals surface area contributed by atoms with Gasteiger partial charge in [0.2, 0.25) is 11.8 Å². The Labute approximate surface area is 106 Å². The van der Waals surface area contributed by atoms with Crippen molar-refractivity contribution in [3.63, 3.8) is 0 Å². The van der Waals surface area contributed by atoms with Gasteiger partial charge in [-0.15, -0.1) is 0 Å². The molecule has 92 valence electrons. The van der Waals surface area contributed by atoms with Crippen LogP contribution < -0.4 is 10.6 Å². The van der Waals surface area contributed by atoms with E-state index in [4.69, 9.17) is 12.2 Å². The zero-order chi connectivity index (χ0) is 12.8. The van der Waals surface area contributed by atoms with Crippen molar-refractivity contribution in [1.29, 1.82) is 0 Å². The van der Waals surface area contributed by atoms with Gasteiger partial charge in [-0.2, -0.15) is 0 Å². The van der Waals surface area contributed by atoms with Gasteiger partial charge in [-0.1, -0.05) is 18.1 Å². The first kappa shape index (κ1) is 12.2. The zero-order valence-electron chi connectivity index (χ0n) is 10.2. The quantitative estimate of drug-likeness (QED) is 0.388. The van der Waals surface area contributed by atoms with E-state index in [0.29, 0.717) is 6.42 Å². The average Bonchev–Trinajstić information content (AvgIpc) is 2.21. The van der Waals surface area contributed by atoms with Gasteiger partial charge in [0.15, 0.2) is 5.11 Å². The Morgan fingerprint density at radius 1 is 1.18 bits per heavy atom. The molecule has 0 aromatic heterocycles. The van der Waals surface area contributed by atoms with Crippen LogP contribution in [0.4, 0.5) is 0 Å². The van der Waals surface area contributed by atoms with Gasteiger partial charge in [0.25, 0.3) is 0 Å². The minimum Gasteiger partial charge on any atom is -0.302 e. The summed E-state index contributed by atoms with van der Waals surface area (Å²) in [5.74, 6) is -0.523. The fraction of sp³-hybridized carbons (Fsp3) is 0.583. The van der Waals surface area contributed by atoms with E-state index in [0.717, 1.165) is 12.0 Å². The third-order valence-electron chi connectivity index (χ3n) is 3.99. The van der Waals surface area contributed by atoms with Crippen LogP contribution in [0.2, 0.25) is 0 Å². The topological polar surface area (TPSA) is 58.2 Å². The number of allylic oxidation sites excluding steroid dienone is 2. The van der Waals surface area contributed by atoms with Crippen LogP contribution in [0.15, 0.2) is 11.1 Å². The highest BCUT2D eigenvalue weighted by Crippen LogP contribution is 2.44. The summed E-state index contributed by atoms with van der Waals surface area (Å²) in [6.07, 6.45) is 1.26. The van der Waals surface area contributed by atoms with Gasteiger partial charge in [0.1, 0.15) is 5.41 Å². The smallest absolute Gasteiger partial charge is 0.242 e. The molecule has 4 nitrogen and oxygen atoms in total. The highest BCUT2D eigenvalue weighted by atomic mass is 32.1.